The molecule has 9 heteroatoms. The van der Waals surface area contributed by atoms with E-state index < -0.39 is 16.9 Å². The molecule has 0 atom stereocenters. The van der Waals surface area contributed by atoms with Crippen LogP contribution >= 0.6 is 0 Å². The smallest absolute Gasteiger partial charge is 0.316 e. The number of urea groups is 1. The van der Waals surface area contributed by atoms with E-state index in [-0.39, 0.29) is 23.8 Å². The van der Waals surface area contributed by atoms with Crippen LogP contribution in [0.2, 0.25) is 0 Å². The van der Waals surface area contributed by atoms with Gasteiger partial charge in [-0.3, -0.25) is 14.9 Å². The van der Waals surface area contributed by atoms with Crippen molar-refractivity contribution in [1.82, 2.24) is 5.32 Å². The Kier molecular flexibility index (Phi) is 5.20. The number of primary amides is 1. The van der Waals surface area contributed by atoms with Gasteiger partial charge in [-0.15, -0.1) is 0 Å². The molecule has 140 valence electrons. The lowest BCUT2D eigenvalue weighted by molar-refractivity contribution is -0.384. The van der Waals surface area contributed by atoms with Crippen LogP contribution in [0.25, 0.3) is 0 Å². The number of hydrogen-bond acceptors (Lipinski definition) is 5. The van der Waals surface area contributed by atoms with Gasteiger partial charge in [-0.1, -0.05) is 12.1 Å². The van der Waals surface area contributed by atoms with E-state index in [1.54, 1.807) is 36.4 Å². The summed E-state index contributed by atoms with van der Waals surface area (Å²) in [6.07, 6.45) is 1.99. The van der Waals surface area contributed by atoms with E-state index >= 15 is 0 Å². The van der Waals surface area contributed by atoms with Crippen LogP contribution < -0.4 is 21.7 Å². The fourth-order valence-electron chi connectivity index (χ4n) is 2.53. The Morgan fingerprint density at radius 3 is 2.44 bits per heavy atom. The lowest BCUT2D eigenvalue weighted by Gasteiger charge is -2.09. The van der Waals surface area contributed by atoms with Crippen LogP contribution in [0.4, 0.5) is 21.9 Å². The SMILES string of the molecule is NC(=O)Nc1ccc(CNC(=O)c2ccc(NC3CC3)c([N+](=O)[O-])c2)cc1. The first-order chi connectivity index (χ1) is 12.9. The Hall–Kier alpha value is -3.62. The number of nitrogens with one attached hydrogen (secondary N) is 3. The predicted molar refractivity (Wildman–Crippen MR) is 101 cm³/mol. The van der Waals surface area contributed by atoms with Crippen LogP contribution in [0.5, 0.6) is 0 Å². The summed E-state index contributed by atoms with van der Waals surface area (Å²) in [5.41, 5.74) is 6.92. The van der Waals surface area contributed by atoms with E-state index in [0.717, 1.165) is 18.4 Å². The number of carbonyl (C=O) groups is 2. The van der Waals surface area contributed by atoms with Gasteiger partial charge in [0.05, 0.1) is 4.92 Å². The molecule has 0 bridgehead atoms. The lowest BCUT2D eigenvalue weighted by Crippen LogP contribution is -2.23. The van der Waals surface area contributed by atoms with Crippen molar-refractivity contribution < 1.29 is 14.5 Å². The van der Waals surface area contributed by atoms with Crippen molar-refractivity contribution in [2.45, 2.75) is 25.4 Å². The predicted octanol–water partition coefficient (Wildman–Crippen LogP) is 2.59. The maximum absolute atomic E-state index is 12.3. The number of nitrogens with zero attached hydrogens (tertiary/aromatic N) is 1. The minimum Gasteiger partial charge on any atom is -0.377 e. The summed E-state index contributed by atoms with van der Waals surface area (Å²) >= 11 is 0. The summed E-state index contributed by atoms with van der Waals surface area (Å²) in [6, 6.07) is 10.8. The largest absolute Gasteiger partial charge is 0.377 e. The van der Waals surface area contributed by atoms with Crippen molar-refractivity contribution in [2.24, 2.45) is 5.73 Å². The number of amides is 3. The molecule has 2 aromatic rings. The Bertz CT molecular complexity index is 878. The number of benzene rings is 2. The number of nitro groups is 1. The highest BCUT2D eigenvalue weighted by molar-refractivity contribution is 5.95. The summed E-state index contributed by atoms with van der Waals surface area (Å²) in [5, 5.41) is 19.5. The van der Waals surface area contributed by atoms with Crippen molar-refractivity contribution >= 4 is 29.0 Å². The summed E-state index contributed by atoms with van der Waals surface area (Å²) in [4.78, 5) is 33.9. The fourth-order valence-corrected chi connectivity index (χ4v) is 2.53. The molecule has 3 amide bonds. The van der Waals surface area contributed by atoms with Gasteiger partial charge in [0.1, 0.15) is 5.69 Å². The van der Waals surface area contributed by atoms with Gasteiger partial charge in [0.2, 0.25) is 0 Å². The van der Waals surface area contributed by atoms with E-state index in [9.17, 15) is 19.7 Å². The van der Waals surface area contributed by atoms with Gasteiger partial charge < -0.3 is 21.7 Å². The quantitative estimate of drug-likeness (QED) is 0.439. The molecule has 0 aromatic heterocycles. The molecule has 9 nitrogen and oxygen atoms in total. The third-order valence-electron chi connectivity index (χ3n) is 4.07. The summed E-state index contributed by atoms with van der Waals surface area (Å²) < 4.78 is 0. The highest BCUT2D eigenvalue weighted by atomic mass is 16.6. The third kappa shape index (κ3) is 4.94. The molecule has 0 radical (unpaired) electrons. The fraction of sp³-hybridized carbons (Fsp3) is 0.222. The molecule has 5 N–H and O–H groups in total. The van der Waals surface area contributed by atoms with Gasteiger partial charge in [0.15, 0.2) is 0 Å². The first kappa shape index (κ1) is 18.2. The van der Waals surface area contributed by atoms with Crippen molar-refractivity contribution in [2.75, 3.05) is 10.6 Å². The van der Waals surface area contributed by atoms with Gasteiger partial charge in [0, 0.05) is 29.9 Å². The van der Waals surface area contributed by atoms with Crippen molar-refractivity contribution in [3.8, 4) is 0 Å². The summed E-state index contributed by atoms with van der Waals surface area (Å²) in [6.45, 7) is 0.242. The standard InChI is InChI=1S/C18H19N5O4/c19-18(25)22-14-4-1-11(2-5-14)10-20-17(24)12-3-8-15(21-13-6-7-13)16(9-12)23(26)27/h1-5,8-9,13,21H,6-7,10H2,(H,20,24)(H3,19,22,25). The lowest BCUT2D eigenvalue weighted by atomic mass is 10.1. The molecule has 3 rings (SSSR count). The second-order valence-corrected chi connectivity index (χ2v) is 6.28. The average molecular weight is 369 g/mol. The zero-order valence-corrected chi connectivity index (χ0v) is 14.4. The Labute approximate surface area is 155 Å². The van der Waals surface area contributed by atoms with Gasteiger partial charge in [-0.25, -0.2) is 4.79 Å². The molecule has 0 spiro atoms. The van der Waals surface area contributed by atoms with Crippen LogP contribution in [0.1, 0.15) is 28.8 Å². The molecular weight excluding hydrogens is 350 g/mol. The zero-order valence-electron chi connectivity index (χ0n) is 14.4. The van der Waals surface area contributed by atoms with Gasteiger partial charge in [-0.05, 0) is 42.7 Å². The van der Waals surface area contributed by atoms with Gasteiger partial charge in [0.25, 0.3) is 11.6 Å². The summed E-state index contributed by atoms with van der Waals surface area (Å²) in [5.74, 6) is -0.407. The highest BCUT2D eigenvalue weighted by Gasteiger charge is 2.25. The Morgan fingerprint density at radius 1 is 1.15 bits per heavy atom. The van der Waals surface area contributed by atoms with Crippen molar-refractivity contribution in [3.05, 3.63) is 63.7 Å². The third-order valence-corrected chi connectivity index (χ3v) is 4.07. The molecule has 1 aliphatic rings. The van der Waals surface area contributed by atoms with Gasteiger partial charge in [-0.2, -0.15) is 0 Å². The van der Waals surface area contributed by atoms with E-state index in [1.165, 1.54) is 6.07 Å². The average Bonchev–Trinajstić information content (AvgIpc) is 3.44. The minimum atomic E-state index is -0.655. The van der Waals surface area contributed by atoms with E-state index in [0.29, 0.717) is 11.4 Å². The number of carbonyl (C=O) groups excluding carboxylic acids is 2. The van der Waals surface area contributed by atoms with Gasteiger partial charge >= 0.3 is 6.03 Å². The molecular formula is C18H19N5O4. The monoisotopic (exact) mass is 369 g/mol. The molecule has 0 unspecified atom stereocenters. The van der Waals surface area contributed by atoms with Crippen LogP contribution in [0.3, 0.4) is 0 Å². The molecule has 27 heavy (non-hydrogen) atoms. The first-order valence-electron chi connectivity index (χ1n) is 8.41. The van der Waals surface area contributed by atoms with Crippen LogP contribution in [0.15, 0.2) is 42.5 Å². The number of anilines is 2. The van der Waals surface area contributed by atoms with E-state index in [2.05, 4.69) is 16.0 Å². The molecule has 0 saturated heterocycles. The number of rotatable bonds is 7. The molecule has 0 aliphatic heterocycles. The molecule has 0 heterocycles. The van der Waals surface area contributed by atoms with E-state index in [4.69, 9.17) is 5.73 Å². The van der Waals surface area contributed by atoms with Crippen LogP contribution in [-0.2, 0) is 6.54 Å². The Balaban J connectivity index is 1.64. The Morgan fingerprint density at radius 2 is 1.85 bits per heavy atom. The summed E-state index contributed by atoms with van der Waals surface area (Å²) in [7, 11) is 0. The number of nitro benzene ring substituents is 1. The van der Waals surface area contributed by atoms with Crippen molar-refractivity contribution in [1.29, 1.82) is 0 Å². The maximum atomic E-state index is 12.3. The second kappa shape index (κ2) is 7.73. The zero-order chi connectivity index (χ0) is 19.4. The second-order valence-electron chi connectivity index (χ2n) is 6.28. The normalized spacial score (nSPS) is 12.9. The first-order valence-corrected chi connectivity index (χ1v) is 8.41. The maximum Gasteiger partial charge on any atom is 0.316 e. The highest BCUT2D eigenvalue weighted by Crippen LogP contribution is 2.31. The molecule has 1 aliphatic carbocycles. The molecule has 1 saturated carbocycles. The minimum absolute atomic E-state index is 0.114. The number of hydrogen-bond donors (Lipinski definition) is 4. The molecule has 2 aromatic carbocycles. The van der Waals surface area contributed by atoms with E-state index in [1.807, 2.05) is 0 Å². The van der Waals surface area contributed by atoms with Crippen LogP contribution in [0, 0.1) is 10.1 Å². The topological polar surface area (TPSA) is 139 Å². The van der Waals surface area contributed by atoms with Crippen LogP contribution in [-0.4, -0.2) is 22.9 Å². The number of nitrogens with two attached hydrogens (primary N) is 1. The van der Waals surface area contributed by atoms with Crippen molar-refractivity contribution in [3.63, 3.8) is 0 Å². The molecule has 1 fully saturated rings.